The highest BCUT2D eigenvalue weighted by Crippen LogP contribution is 2.29. The summed E-state index contributed by atoms with van der Waals surface area (Å²) in [5.74, 6) is -1.93. The van der Waals surface area contributed by atoms with Gasteiger partial charge in [-0.1, -0.05) is 46.8 Å². The van der Waals surface area contributed by atoms with Crippen molar-refractivity contribution < 1.29 is 20.6 Å². The van der Waals surface area contributed by atoms with Gasteiger partial charge in [0.15, 0.2) is 0 Å². The summed E-state index contributed by atoms with van der Waals surface area (Å²) in [6.07, 6.45) is 3.20. The predicted octanol–water partition coefficient (Wildman–Crippen LogP) is 4.20. The minimum absolute atomic E-state index is 0. The smallest absolute Gasteiger partial charge is 0.262 e. The monoisotopic (exact) mass is 388 g/mol. The maximum absolute atomic E-state index is 12.7. The largest absolute Gasteiger partial charge is 0.295 e. The van der Waals surface area contributed by atoms with Crippen LogP contribution in [0.3, 0.4) is 0 Å². The number of rotatable bonds is 3. The number of hydrogen-bond donors (Lipinski definition) is 1. The van der Waals surface area contributed by atoms with E-state index in [9.17, 15) is 19.2 Å². The third-order valence-corrected chi connectivity index (χ3v) is 4.41. The highest BCUT2D eigenvalue weighted by atomic mass is 16.2. The Hall–Kier alpha value is -2.76. The van der Waals surface area contributed by atoms with E-state index < -0.39 is 23.8 Å². The van der Waals surface area contributed by atoms with Gasteiger partial charge in [0.1, 0.15) is 6.04 Å². The van der Waals surface area contributed by atoms with Gasteiger partial charge in [-0.3, -0.25) is 29.4 Å². The Morgan fingerprint density at radius 3 is 2.29 bits per heavy atom. The number of nitrogens with one attached hydrogen (secondary N) is 1. The van der Waals surface area contributed by atoms with Gasteiger partial charge in [0.05, 0.1) is 11.1 Å². The van der Waals surface area contributed by atoms with Gasteiger partial charge in [0, 0.05) is 7.85 Å². The molecule has 1 N–H and O–H groups in total. The Labute approximate surface area is 168 Å². The van der Waals surface area contributed by atoms with Gasteiger partial charge < -0.3 is 0 Å². The van der Waals surface area contributed by atoms with E-state index in [-0.39, 0.29) is 20.2 Å². The van der Waals surface area contributed by atoms with Crippen molar-refractivity contribution in [2.45, 2.75) is 66.8 Å². The fourth-order valence-corrected chi connectivity index (χ4v) is 3.14. The lowest BCUT2D eigenvalue weighted by Gasteiger charge is -2.27. The lowest BCUT2D eigenvalue weighted by molar-refractivity contribution is -0.136. The Kier molecular flexibility index (Phi) is 8.76. The molecule has 1 fully saturated rings. The van der Waals surface area contributed by atoms with Crippen LogP contribution in [0.1, 0.15) is 88.5 Å². The van der Waals surface area contributed by atoms with Gasteiger partial charge >= 0.3 is 0 Å². The summed E-state index contributed by atoms with van der Waals surface area (Å²) in [4.78, 5) is 49.5. The zero-order valence-corrected chi connectivity index (χ0v) is 17.6. The average molecular weight is 389 g/mol. The van der Waals surface area contributed by atoms with Crippen LogP contribution in [0.4, 0.5) is 0 Å². The quantitative estimate of drug-likeness (QED) is 0.787. The van der Waals surface area contributed by atoms with E-state index in [0.29, 0.717) is 11.1 Å². The molecule has 154 valence electrons. The Balaban J connectivity index is 0.00000148. The molecule has 2 aliphatic rings. The first-order chi connectivity index (χ1) is 13.4. The van der Waals surface area contributed by atoms with Crippen LogP contribution in [0.25, 0.3) is 5.57 Å². The van der Waals surface area contributed by atoms with Gasteiger partial charge in [-0.2, -0.15) is 0 Å². The number of fused-ring (bicyclic) bond motifs is 1. The fourth-order valence-electron chi connectivity index (χ4n) is 3.14. The minimum Gasteiger partial charge on any atom is -0.295 e. The van der Waals surface area contributed by atoms with Crippen molar-refractivity contribution in [3.05, 3.63) is 41.0 Å². The molecular weight excluding hydrogens is 356 g/mol. The second-order valence-electron chi connectivity index (χ2n) is 6.00. The fraction of sp³-hybridized carbons (Fsp3) is 0.455. The van der Waals surface area contributed by atoms with Gasteiger partial charge in [0.2, 0.25) is 11.8 Å². The molecule has 0 spiro atoms. The number of hydrogen-bond acceptors (Lipinski definition) is 4. The van der Waals surface area contributed by atoms with Crippen LogP contribution in [0.15, 0.2) is 24.3 Å². The van der Waals surface area contributed by atoms with Gasteiger partial charge in [-0.25, -0.2) is 0 Å². The molecule has 2 aliphatic heterocycles. The van der Waals surface area contributed by atoms with Crippen LogP contribution in [-0.2, 0) is 9.59 Å². The molecule has 0 radical (unpaired) electrons. The minimum atomic E-state index is -0.925. The second-order valence-corrected chi connectivity index (χ2v) is 6.00. The number of benzene rings is 1. The van der Waals surface area contributed by atoms with E-state index in [1.807, 2.05) is 47.6 Å². The molecule has 1 unspecified atom stereocenters. The van der Waals surface area contributed by atoms with Crippen molar-refractivity contribution in [1.29, 1.82) is 0 Å². The highest BCUT2D eigenvalue weighted by Gasteiger charge is 2.44. The standard InChI is InChI=1S/C18H18N2O4.2C2H6.H2/c1-3-4-10(2)11-5-6-12-13(9-11)18(24)20(17(12)23)14-7-8-15(21)19-16(14)22;2*1-2;/h4-6,9,14H,3,7-8H2,1-2H3,(H,19,21,22);2*1-2H3;1H/b10-4+;;;. The van der Waals surface area contributed by atoms with E-state index in [1.165, 1.54) is 0 Å². The number of imide groups is 2. The molecule has 2 heterocycles. The summed E-state index contributed by atoms with van der Waals surface area (Å²) in [6, 6.07) is 4.21. The SMILES string of the molecule is CC.CC.CC/C=C(\C)c1ccc2c(c1)C(=O)N(C1CCC(=O)NC1=O)C2=O.[HH]. The third kappa shape index (κ3) is 4.55. The number of carbonyl (C=O) groups is 4. The van der Waals surface area contributed by atoms with Crippen LogP contribution >= 0.6 is 0 Å². The maximum Gasteiger partial charge on any atom is 0.262 e. The summed E-state index contributed by atoms with van der Waals surface area (Å²) >= 11 is 0. The van der Waals surface area contributed by atoms with Crippen molar-refractivity contribution in [3.63, 3.8) is 0 Å². The number of allylic oxidation sites excluding steroid dienone is 2. The highest BCUT2D eigenvalue weighted by molar-refractivity contribution is 6.23. The molecule has 6 heteroatoms. The number of amides is 4. The zero-order chi connectivity index (χ0) is 21.4. The maximum atomic E-state index is 12.7. The molecule has 28 heavy (non-hydrogen) atoms. The normalized spacial score (nSPS) is 18.6. The molecule has 1 aromatic carbocycles. The van der Waals surface area contributed by atoms with Crippen molar-refractivity contribution in [3.8, 4) is 0 Å². The van der Waals surface area contributed by atoms with Crippen LogP contribution < -0.4 is 5.32 Å². The van der Waals surface area contributed by atoms with Crippen LogP contribution in [0.5, 0.6) is 0 Å². The lowest BCUT2D eigenvalue weighted by atomic mass is 10.0. The molecule has 0 saturated carbocycles. The molecule has 3 rings (SSSR count). The summed E-state index contributed by atoms with van der Waals surface area (Å²) in [7, 11) is 0. The summed E-state index contributed by atoms with van der Waals surface area (Å²) in [6.45, 7) is 12.0. The average Bonchev–Trinajstić information content (AvgIpc) is 2.96. The Bertz CT molecular complexity index is 802. The van der Waals surface area contributed by atoms with Crippen molar-refractivity contribution >= 4 is 29.2 Å². The summed E-state index contributed by atoms with van der Waals surface area (Å²) in [5.41, 5.74) is 2.52. The first-order valence-corrected chi connectivity index (χ1v) is 9.96. The van der Waals surface area contributed by atoms with E-state index in [4.69, 9.17) is 0 Å². The molecule has 0 aliphatic carbocycles. The number of nitrogens with zero attached hydrogens (tertiary/aromatic N) is 1. The number of piperidine rings is 1. The molecule has 1 saturated heterocycles. The van der Waals surface area contributed by atoms with Crippen LogP contribution in [-0.4, -0.2) is 34.6 Å². The van der Waals surface area contributed by atoms with Crippen LogP contribution in [0, 0.1) is 0 Å². The van der Waals surface area contributed by atoms with E-state index in [2.05, 4.69) is 5.32 Å². The van der Waals surface area contributed by atoms with Crippen molar-refractivity contribution in [2.24, 2.45) is 0 Å². The Morgan fingerprint density at radius 2 is 1.71 bits per heavy atom. The molecule has 4 amide bonds. The Morgan fingerprint density at radius 1 is 1.11 bits per heavy atom. The first kappa shape index (κ1) is 23.3. The zero-order valence-electron chi connectivity index (χ0n) is 17.6. The van der Waals surface area contributed by atoms with E-state index >= 15 is 0 Å². The molecule has 6 nitrogen and oxygen atoms in total. The molecule has 0 bridgehead atoms. The van der Waals surface area contributed by atoms with Gasteiger partial charge in [0.25, 0.3) is 11.8 Å². The predicted molar refractivity (Wildman–Crippen MR) is 112 cm³/mol. The van der Waals surface area contributed by atoms with Crippen LogP contribution in [0.2, 0.25) is 0 Å². The van der Waals surface area contributed by atoms with E-state index in [1.54, 1.807) is 18.2 Å². The molecule has 1 aromatic rings. The lowest BCUT2D eigenvalue weighted by Crippen LogP contribution is -2.54. The molecule has 0 aromatic heterocycles. The second kappa shape index (κ2) is 10.5. The molecule has 1 atom stereocenters. The molecular formula is C22H32N2O4. The van der Waals surface area contributed by atoms with Crippen molar-refractivity contribution in [1.82, 2.24) is 10.2 Å². The summed E-state index contributed by atoms with van der Waals surface area (Å²) < 4.78 is 0. The topological polar surface area (TPSA) is 83.6 Å². The van der Waals surface area contributed by atoms with Crippen molar-refractivity contribution in [2.75, 3.05) is 0 Å². The first-order valence-electron chi connectivity index (χ1n) is 9.96. The third-order valence-electron chi connectivity index (χ3n) is 4.41. The van der Waals surface area contributed by atoms with E-state index in [0.717, 1.165) is 22.5 Å². The van der Waals surface area contributed by atoms with Gasteiger partial charge in [-0.05, 0) is 43.0 Å². The van der Waals surface area contributed by atoms with Gasteiger partial charge in [-0.15, -0.1) is 0 Å². The summed E-state index contributed by atoms with van der Waals surface area (Å²) in [5, 5.41) is 2.19. The number of carbonyl (C=O) groups excluding carboxylic acids is 4.